The monoisotopic (exact) mass is 226 g/mol. The average molecular weight is 226 g/mol. The standard InChI is InChI=1S/C11H18N2O3/c1-10(2)8(12-14)9(13-15)11(16-10)6-4-3-5-7-11/h14-15H,3-7H2,1-2H3/b12-8-,13-9+. The van der Waals surface area contributed by atoms with Crippen LogP contribution in [0.25, 0.3) is 0 Å². The first-order chi connectivity index (χ1) is 7.56. The highest BCUT2D eigenvalue weighted by molar-refractivity contribution is 6.49. The van der Waals surface area contributed by atoms with E-state index >= 15 is 0 Å². The van der Waals surface area contributed by atoms with E-state index in [4.69, 9.17) is 15.2 Å². The highest BCUT2D eigenvalue weighted by Gasteiger charge is 2.55. The third-order valence-corrected chi connectivity index (χ3v) is 3.54. The van der Waals surface area contributed by atoms with Crippen LogP contribution >= 0.6 is 0 Å². The summed E-state index contributed by atoms with van der Waals surface area (Å²) >= 11 is 0. The van der Waals surface area contributed by atoms with Crippen molar-refractivity contribution in [2.24, 2.45) is 10.3 Å². The molecule has 1 aliphatic carbocycles. The Morgan fingerprint density at radius 2 is 1.56 bits per heavy atom. The molecular weight excluding hydrogens is 208 g/mol. The SMILES string of the molecule is CC1(C)OC2(CCCCC2)C(=N/O)/C1=N/O. The topological polar surface area (TPSA) is 74.4 Å². The summed E-state index contributed by atoms with van der Waals surface area (Å²) in [5.74, 6) is 0. The molecule has 0 aromatic carbocycles. The van der Waals surface area contributed by atoms with E-state index < -0.39 is 11.2 Å². The van der Waals surface area contributed by atoms with Crippen molar-refractivity contribution in [3.8, 4) is 0 Å². The molecule has 0 aromatic heterocycles. The molecule has 0 aromatic rings. The number of ether oxygens (including phenoxy) is 1. The summed E-state index contributed by atoms with van der Waals surface area (Å²) in [6.07, 6.45) is 4.93. The maximum Gasteiger partial charge on any atom is 0.139 e. The summed E-state index contributed by atoms with van der Waals surface area (Å²) in [4.78, 5) is 0. The average Bonchev–Trinajstić information content (AvgIpc) is 2.45. The van der Waals surface area contributed by atoms with Crippen LogP contribution in [0.1, 0.15) is 46.0 Å². The van der Waals surface area contributed by atoms with Crippen molar-refractivity contribution in [2.75, 3.05) is 0 Å². The van der Waals surface area contributed by atoms with Gasteiger partial charge in [-0.05, 0) is 26.7 Å². The van der Waals surface area contributed by atoms with E-state index in [1.807, 2.05) is 13.8 Å². The van der Waals surface area contributed by atoms with Crippen molar-refractivity contribution >= 4 is 11.4 Å². The third kappa shape index (κ3) is 1.50. The van der Waals surface area contributed by atoms with Crippen molar-refractivity contribution in [2.45, 2.75) is 57.2 Å². The molecule has 2 aliphatic rings. The molecule has 90 valence electrons. The first kappa shape index (κ1) is 11.4. The minimum atomic E-state index is -0.687. The van der Waals surface area contributed by atoms with Crippen molar-refractivity contribution in [1.29, 1.82) is 0 Å². The number of rotatable bonds is 0. The zero-order chi connectivity index (χ0) is 11.8. The molecule has 16 heavy (non-hydrogen) atoms. The molecule has 1 saturated heterocycles. The van der Waals surface area contributed by atoms with Crippen LogP contribution in [0.5, 0.6) is 0 Å². The Kier molecular flexibility index (Phi) is 2.66. The zero-order valence-corrected chi connectivity index (χ0v) is 9.73. The minimum Gasteiger partial charge on any atom is -0.410 e. The first-order valence-electron chi connectivity index (χ1n) is 5.71. The second-order valence-electron chi connectivity index (χ2n) is 5.06. The minimum absolute atomic E-state index is 0.344. The van der Waals surface area contributed by atoms with E-state index in [1.165, 1.54) is 6.42 Å². The first-order valence-corrected chi connectivity index (χ1v) is 5.71. The molecule has 2 N–H and O–H groups in total. The summed E-state index contributed by atoms with van der Waals surface area (Å²) in [6.45, 7) is 3.66. The van der Waals surface area contributed by atoms with Crippen LogP contribution in [0.4, 0.5) is 0 Å². The Labute approximate surface area is 94.8 Å². The Bertz CT molecular complexity index is 341. The van der Waals surface area contributed by atoms with Crippen molar-refractivity contribution in [3.05, 3.63) is 0 Å². The highest BCUT2D eigenvalue weighted by atomic mass is 16.5. The van der Waals surface area contributed by atoms with E-state index in [2.05, 4.69) is 10.3 Å². The summed E-state index contributed by atoms with van der Waals surface area (Å²) in [7, 11) is 0. The molecule has 2 fully saturated rings. The summed E-state index contributed by atoms with van der Waals surface area (Å²) in [5, 5.41) is 24.7. The lowest BCUT2D eigenvalue weighted by Crippen LogP contribution is -2.40. The molecule has 0 bridgehead atoms. The van der Waals surface area contributed by atoms with Crippen LogP contribution in [0.2, 0.25) is 0 Å². The van der Waals surface area contributed by atoms with Gasteiger partial charge in [-0.1, -0.05) is 29.6 Å². The van der Waals surface area contributed by atoms with Gasteiger partial charge in [-0.25, -0.2) is 0 Å². The van der Waals surface area contributed by atoms with Gasteiger partial charge in [0.1, 0.15) is 22.6 Å². The van der Waals surface area contributed by atoms with Gasteiger partial charge in [0.2, 0.25) is 0 Å². The van der Waals surface area contributed by atoms with Crippen LogP contribution < -0.4 is 0 Å². The van der Waals surface area contributed by atoms with E-state index in [9.17, 15) is 0 Å². The van der Waals surface area contributed by atoms with Gasteiger partial charge in [0.05, 0.1) is 0 Å². The van der Waals surface area contributed by atoms with Gasteiger partial charge in [0.25, 0.3) is 0 Å². The largest absolute Gasteiger partial charge is 0.410 e. The Balaban J connectivity index is 2.42. The number of hydrogen-bond donors (Lipinski definition) is 2. The fourth-order valence-corrected chi connectivity index (χ4v) is 2.85. The molecule has 5 heteroatoms. The second-order valence-corrected chi connectivity index (χ2v) is 5.06. The predicted molar refractivity (Wildman–Crippen MR) is 59.4 cm³/mol. The van der Waals surface area contributed by atoms with Gasteiger partial charge in [-0.3, -0.25) is 0 Å². The zero-order valence-electron chi connectivity index (χ0n) is 9.73. The van der Waals surface area contributed by atoms with E-state index in [0.717, 1.165) is 25.7 Å². The lowest BCUT2D eigenvalue weighted by atomic mass is 9.80. The predicted octanol–water partition coefficient (Wildman–Crippen LogP) is 2.16. The van der Waals surface area contributed by atoms with E-state index in [0.29, 0.717) is 11.4 Å². The summed E-state index contributed by atoms with van der Waals surface area (Å²) < 4.78 is 6.00. The van der Waals surface area contributed by atoms with Crippen LogP contribution in [-0.2, 0) is 4.74 Å². The van der Waals surface area contributed by atoms with Crippen molar-refractivity contribution in [3.63, 3.8) is 0 Å². The third-order valence-electron chi connectivity index (χ3n) is 3.54. The lowest BCUT2D eigenvalue weighted by Gasteiger charge is -2.33. The van der Waals surface area contributed by atoms with Gasteiger partial charge in [0.15, 0.2) is 0 Å². The Morgan fingerprint density at radius 1 is 1.00 bits per heavy atom. The molecule has 1 saturated carbocycles. The molecule has 2 rings (SSSR count). The Morgan fingerprint density at radius 3 is 2.06 bits per heavy atom. The molecule has 5 nitrogen and oxygen atoms in total. The van der Waals surface area contributed by atoms with E-state index in [-0.39, 0.29) is 0 Å². The highest BCUT2D eigenvalue weighted by Crippen LogP contribution is 2.43. The van der Waals surface area contributed by atoms with Gasteiger partial charge in [0, 0.05) is 0 Å². The normalized spacial score (nSPS) is 32.6. The maximum atomic E-state index is 9.13. The fraction of sp³-hybridized carbons (Fsp3) is 0.818. The molecule has 0 radical (unpaired) electrons. The number of oxime groups is 2. The maximum absolute atomic E-state index is 9.13. The molecule has 1 aliphatic heterocycles. The Hall–Kier alpha value is -1.10. The summed E-state index contributed by atoms with van der Waals surface area (Å²) in [5.41, 5.74) is -0.484. The molecule has 0 amide bonds. The summed E-state index contributed by atoms with van der Waals surface area (Å²) in [6, 6.07) is 0. The molecule has 0 unspecified atom stereocenters. The van der Waals surface area contributed by atoms with Gasteiger partial charge in [-0.15, -0.1) is 0 Å². The smallest absolute Gasteiger partial charge is 0.139 e. The number of nitrogens with zero attached hydrogens (tertiary/aromatic N) is 2. The quantitative estimate of drug-likeness (QED) is 0.491. The van der Waals surface area contributed by atoms with Crippen LogP contribution in [-0.4, -0.2) is 33.0 Å². The lowest BCUT2D eigenvalue weighted by molar-refractivity contribution is -0.0678. The van der Waals surface area contributed by atoms with E-state index in [1.54, 1.807) is 0 Å². The molecule has 1 heterocycles. The van der Waals surface area contributed by atoms with Gasteiger partial charge < -0.3 is 15.2 Å². The van der Waals surface area contributed by atoms with Gasteiger partial charge >= 0.3 is 0 Å². The number of hydrogen-bond acceptors (Lipinski definition) is 5. The van der Waals surface area contributed by atoms with Crippen LogP contribution in [0.15, 0.2) is 10.3 Å². The molecule has 1 spiro atoms. The second kappa shape index (κ2) is 3.73. The van der Waals surface area contributed by atoms with Gasteiger partial charge in [-0.2, -0.15) is 0 Å². The molecular formula is C11H18N2O3. The van der Waals surface area contributed by atoms with Crippen molar-refractivity contribution < 1.29 is 15.2 Å². The molecule has 0 atom stereocenters. The van der Waals surface area contributed by atoms with Crippen LogP contribution in [0, 0.1) is 0 Å². The fourth-order valence-electron chi connectivity index (χ4n) is 2.85. The van der Waals surface area contributed by atoms with Crippen molar-refractivity contribution in [1.82, 2.24) is 0 Å². The van der Waals surface area contributed by atoms with Crippen LogP contribution in [0.3, 0.4) is 0 Å².